The van der Waals surface area contributed by atoms with Gasteiger partial charge >= 0.3 is 10.3 Å². The van der Waals surface area contributed by atoms with E-state index in [4.69, 9.17) is 23.2 Å². The molecule has 2 aromatic rings. The maximum atomic E-state index is 12.9. The minimum atomic E-state index is -4.90. The molecule has 33 heavy (non-hydrogen) atoms. The van der Waals surface area contributed by atoms with Crippen LogP contribution in [0.15, 0.2) is 34.8 Å². The summed E-state index contributed by atoms with van der Waals surface area (Å²) in [5.74, 6) is -2.78. The van der Waals surface area contributed by atoms with Crippen molar-refractivity contribution in [1.82, 2.24) is 14.6 Å². The van der Waals surface area contributed by atoms with Crippen molar-refractivity contribution in [3.63, 3.8) is 0 Å². The predicted molar refractivity (Wildman–Crippen MR) is 120 cm³/mol. The molecule has 1 fully saturated rings. The van der Waals surface area contributed by atoms with E-state index in [2.05, 4.69) is 25.6 Å². The van der Waals surface area contributed by atoms with E-state index in [1.54, 1.807) is 0 Å². The molecule has 0 aliphatic carbocycles. The smallest absolute Gasteiger partial charge is 0.362 e. The number of aromatic nitrogens is 1. The first kappa shape index (κ1) is 24.9. The van der Waals surface area contributed by atoms with Crippen molar-refractivity contribution in [2.24, 2.45) is 5.16 Å². The summed E-state index contributed by atoms with van der Waals surface area (Å²) in [4.78, 5) is 45.5. The molecule has 1 aromatic heterocycles. The van der Waals surface area contributed by atoms with Gasteiger partial charge in [-0.1, -0.05) is 28.9 Å². The van der Waals surface area contributed by atoms with E-state index in [0.29, 0.717) is 10.6 Å². The van der Waals surface area contributed by atoms with Gasteiger partial charge in [-0.2, -0.15) is 8.42 Å². The molecule has 1 saturated heterocycles. The zero-order valence-electron chi connectivity index (χ0n) is 16.6. The number of benzene rings is 1. The lowest BCUT2D eigenvalue weighted by molar-refractivity contribution is -0.145. The Bertz CT molecular complexity index is 1220. The molecular weight excluding hydrogens is 521 g/mol. The number of hydrogen-bond donors (Lipinski definition) is 3. The van der Waals surface area contributed by atoms with Crippen molar-refractivity contribution in [3.8, 4) is 0 Å². The fraction of sp³-hybridized carbons (Fsp3) is 0.235. The first-order valence-electron chi connectivity index (χ1n) is 8.86. The second kappa shape index (κ2) is 10.0. The molecule has 0 spiro atoms. The van der Waals surface area contributed by atoms with Crippen LogP contribution in [0.1, 0.15) is 17.3 Å². The molecule has 3 N–H and O–H groups in total. The number of nitrogens with one attached hydrogen (secondary N) is 2. The molecule has 0 bridgehead atoms. The summed E-state index contributed by atoms with van der Waals surface area (Å²) >= 11 is 12.3. The lowest BCUT2D eigenvalue weighted by atomic mass is 9.91. The topological polar surface area (TPSA) is 167 Å². The average Bonchev–Trinajstić information content (AvgIpc) is 3.21. The molecule has 16 heteroatoms. The van der Waals surface area contributed by atoms with Crippen LogP contribution >= 0.6 is 34.5 Å². The van der Waals surface area contributed by atoms with E-state index < -0.39 is 40.1 Å². The largest absolute Gasteiger partial charge is 0.398 e. The van der Waals surface area contributed by atoms with Gasteiger partial charge in [0.25, 0.3) is 11.8 Å². The van der Waals surface area contributed by atoms with Gasteiger partial charge in [0.2, 0.25) is 5.91 Å². The Morgan fingerprint density at radius 1 is 1.33 bits per heavy atom. The van der Waals surface area contributed by atoms with Gasteiger partial charge in [0.15, 0.2) is 10.8 Å². The molecule has 12 nitrogen and oxygen atoms in total. The highest BCUT2D eigenvalue weighted by molar-refractivity contribution is 7.84. The molecule has 1 aliphatic rings. The quantitative estimate of drug-likeness (QED) is 0.149. The normalized spacial score (nSPS) is 18.5. The Kier molecular flexibility index (Phi) is 7.54. The number of β-lactam (4-membered cyclic amide) rings is 1. The van der Waals surface area contributed by atoms with Crippen LogP contribution in [0.5, 0.6) is 0 Å². The van der Waals surface area contributed by atoms with E-state index >= 15 is 0 Å². The first-order chi connectivity index (χ1) is 15.6. The van der Waals surface area contributed by atoms with Crippen LogP contribution in [0, 0.1) is 0 Å². The summed E-state index contributed by atoms with van der Waals surface area (Å²) in [6.07, 6.45) is 0. The van der Waals surface area contributed by atoms with Gasteiger partial charge < -0.3 is 15.5 Å². The molecule has 0 saturated carbocycles. The van der Waals surface area contributed by atoms with Gasteiger partial charge in [-0.3, -0.25) is 18.9 Å². The fourth-order valence-electron chi connectivity index (χ4n) is 2.95. The number of thiazole rings is 1. The second-order valence-electron chi connectivity index (χ2n) is 6.40. The zero-order valence-corrected chi connectivity index (χ0v) is 19.7. The van der Waals surface area contributed by atoms with Crippen molar-refractivity contribution in [2.75, 3.05) is 18.3 Å². The molecule has 0 unspecified atom stereocenters. The molecule has 2 heterocycles. The van der Waals surface area contributed by atoms with Gasteiger partial charge in [-0.15, -0.1) is 22.9 Å². The van der Waals surface area contributed by atoms with Crippen molar-refractivity contribution in [3.05, 3.63) is 45.9 Å². The molecule has 1 aromatic carbocycles. The van der Waals surface area contributed by atoms with Crippen molar-refractivity contribution in [1.29, 1.82) is 0 Å². The Labute approximate surface area is 201 Å². The minimum Gasteiger partial charge on any atom is -0.398 e. The van der Waals surface area contributed by atoms with Gasteiger partial charge in [0.05, 0.1) is 0 Å². The van der Waals surface area contributed by atoms with Crippen LogP contribution < -0.4 is 10.6 Å². The number of amides is 3. The van der Waals surface area contributed by atoms with E-state index in [-0.39, 0.29) is 26.7 Å². The highest BCUT2D eigenvalue weighted by atomic mass is 35.5. The SMILES string of the molecule is CON=C(C(=O)N[C@@H]1C(=O)N(S(=O)(=O)O)[C@@H]1c1ccc(Cl)cc1)c1csc(NC(=O)CCl)n1. The number of hydrogen-bond acceptors (Lipinski definition) is 9. The van der Waals surface area contributed by atoms with Crippen molar-refractivity contribution < 1.29 is 32.2 Å². The van der Waals surface area contributed by atoms with E-state index in [0.717, 1.165) is 11.3 Å². The summed E-state index contributed by atoms with van der Waals surface area (Å²) in [5.41, 5.74) is -0.0226. The summed E-state index contributed by atoms with van der Waals surface area (Å²) in [7, 11) is -3.72. The summed E-state index contributed by atoms with van der Waals surface area (Å²) in [6, 6.07) is 3.25. The predicted octanol–water partition coefficient (Wildman–Crippen LogP) is 1.20. The van der Waals surface area contributed by atoms with E-state index in [9.17, 15) is 27.4 Å². The highest BCUT2D eigenvalue weighted by Gasteiger charge is 2.55. The molecule has 0 radical (unpaired) electrons. The third-order valence-corrected chi connectivity index (χ3v) is 6.47. The van der Waals surface area contributed by atoms with Crippen molar-refractivity contribution in [2.45, 2.75) is 12.1 Å². The maximum Gasteiger partial charge on any atom is 0.362 e. The summed E-state index contributed by atoms with van der Waals surface area (Å²) in [5, 5.41) is 10.3. The van der Waals surface area contributed by atoms with E-state index in [1.165, 1.54) is 36.8 Å². The average molecular weight is 536 g/mol. The molecule has 1 aliphatic heterocycles. The van der Waals surface area contributed by atoms with Crippen LogP contribution in [-0.4, -0.2) is 64.7 Å². The Hall–Kier alpha value is -2.78. The van der Waals surface area contributed by atoms with Crippen LogP contribution in [0.4, 0.5) is 5.13 Å². The fourth-order valence-corrected chi connectivity index (χ4v) is 4.72. The second-order valence-corrected chi connectivity index (χ2v) is 9.25. The third kappa shape index (κ3) is 5.42. The van der Waals surface area contributed by atoms with Gasteiger partial charge in [-0.05, 0) is 17.7 Å². The first-order valence-corrected chi connectivity index (χ1v) is 12.1. The number of alkyl halides is 1. The van der Waals surface area contributed by atoms with Crippen LogP contribution in [0.3, 0.4) is 0 Å². The van der Waals surface area contributed by atoms with Crippen LogP contribution in [0.2, 0.25) is 5.02 Å². The summed E-state index contributed by atoms with van der Waals surface area (Å²) < 4.78 is 33.1. The highest BCUT2D eigenvalue weighted by Crippen LogP contribution is 2.37. The molecule has 3 amide bonds. The van der Waals surface area contributed by atoms with Gasteiger partial charge in [-0.25, -0.2) is 9.29 Å². The number of anilines is 1. The third-order valence-electron chi connectivity index (χ3n) is 4.31. The monoisotopic (exact) mass is 535 g/mol. The Balaban J connectivity index is 1.86. The number of carbonyl (C=O) groups excluding carboxylic acids is 3. The molecule has 3 rings (SSSR count). The number of oxime groups is 1. The van der Waals surface area contributed by atoms with Gasteiger partial charge in [0.1, 0.15) is 30.8 Å². The van der Waals surface area contributed by atoms with Gasteiger partial charge in [0, 0.05) is 10.4 Å². The minimum absolute atomic E-state index is 0.0191. The Morgan fingerprint density at radius 3 is 2.58 bits per heavy atom. The maximum absolute atomic E-state index is 12.9. The lowest BCUT2D eigenvalue weighted by Gasteiger charge is -2.44. The molecule has 2 atom stereocenters. The summed E-state index contributed by atoms with van der Waals surface area (Å²) in [6.45, 7) is 0. The standard InChI is InChI=1S/C17H15Cl2N5O7S2/c1-31-23-12(10-7-32-17(20-10)21-11(25)6-18)15(26)22-13-14(8-2-4-9(19)5-3-8)24(16(13)27)33(28,29)30/h2-5,7,13-14H,6H2,1H3,(H,22,26)(H,20,21,25)(H,28,29,30)/t13-,14+/m0/s1. The number of nitrogens with zero attached hydrogens (tertiary/aromatic N) is 3. The number of carbonyl (C=O) groups is 3. The lowest BCUT2D eigenvalue weighted by Crippen LogP contribution is -2.67. The molecule has 176 valence electrons. The number of halogens is 2. The zero-order chi connectivity index (χ0) is 24.3. The van der Waals surface area contributed by atoms with E-state index in [1.807, 2.05) is 0 Å². The number of rotatable bonds is 8. The van der Waals surface area contributed by atoms with Crippen molar-refractivity contribution >= 4 is 73.4 Å². The van der Waals surface area contributed by atoms with Crippen LogP contribution in [-0.2, 0) is 29.5 Å². The van der Waals surface area contributed by atoms with Crippen LogP contribution in [0.25, 0.3) is 0 Å². The molecular formula is C17H15Cl2N5O7S2. The Morgan fingerprint density at radius 2 is 2.00 bits per heavy atom.